The van der Waals surface area contributed by atoms with Crippen molar-refractivity contribution in [3.05, 3.63) is 23.8 Å². The van der Waals surface area contributed by atoms with E-state index in [0.717, 1.165) is 30.1 Å². The molecule has 0 radical (unpaired) electrons. The quantitative estimate of drug-likeness (QED) is 0.868. The van der Waals surface area contributed by atoms with Gasteiger partial charge in [-0.05, 0) is 24.6 Å². The molecule has 2 rings (SSSR count). The van der Waals surface area contributed by atoms with Crippen molar-refractivity contribution in [2.45, 2.75) is 25.5 Å². The van der Waals surface area contributed by atoms with Crippen molar-refractivity contribution < 1.29 is 14.2 Å². The molecule has 1 aliphatic rings. The fourth-order valence-corrected chi connectivity index (χ4v) is 1.85. The molecule has 0 bridgehead atoms. The molecule has 0 aliphatic carbocycles. The number of rotatable bonds is 4. The second-order valence-electron chi connectivity index (χ2n) is 4.30. The molecule has 1 fully saturated rings. The summed E-state index contributed by atoms with van der Waals surface area (Å²) in [5.41, 5.74) is 6.87. The third-order valence-electron chi connectivity index (χ3n) is 2.90. The first kappa shape index (κ1) is 12.2. The first-order valence-electron chi connectivity index (χ1n) is 5.88. The van der Waals surface area contributed by atoms with Crippen LogP contribution in [-0.2, 0) is 4.74 Å². The Morgan fingerprint density at radius 1 is 1.41 bits per heavy atom. The van der Waals surface area contributed by atoms with Gasteiger partial charge in [0.15, 0.2) is 11.5 Å². The van der Waals surface area contributed by atoms with E-state index < -0.39 is 0 Å². The average molecular weight is 237 g/mol. The number of hydrogen-bond acceptors (Lipinski definition) is 4. The van der Waals surface area contributed by atoms with Crippen molar-refractivity contribution in [1.29, 1.82) is 0 Å². The van der Waals surface area contributed by atoms with Crippen LogP contribution in [0.15, 0.2) is 18.2 Å². The lowest BCUT2D eigenvalue weighted by molar-refractivity contribution is 0.138. The first-order chi connectivity index (χ1) is 8.20. The Hall–Kier alpha value is -1.26. The van der Waals surface area contributed by atoms with Gasteiger partial charge in [0, 0.05) is 12.5 Å². The van der Waals surface area contributed by atoms with Crippen LogP contribution in [0.2, 0.25) is 0 Å². The maximum absolute atomic E-state index is 5.84. The number of nitrogens with two attached hydrogens (primary N) is 1. The van der Waals surface area contributed by atoms with Crippen LogP contribution in [0, 0.1) is 0 Å². The van der Waals surface area contributed by atoms with Gasteiger partial charge in [-0.15, -0.1) is 0 Å². The smallest absolute Gasteiger partial charge is 0.161 e. The van der Waals surface area contributed by atoms with Crippen molar-refractivity contribution in [3.8, 4) is 11.5 Å². The number of hydrogen-bond donors (Lipinski definition) is 1. The molecule has 2 N–H and O–H groups in total. The average Bonchev–Trinajstić information content (AvgIpc) is 2.82. The molecular formula is C13H19NO3. The zero-order chi connectivity index (χ0) is 12.3. The van der Waals surface area contributed by atoms with Gasteiger partial charge in [0.05, 0.1) is 20.3 Å². The molecule has 0 amide bonds. The Morgan fingerprint density at radius 3 is 2.82 bits per heavy atom. The molecular weight excluding hydrogens is 218 g/mol. The van der Waals surface area contributed by atoms with E-state index >= 15 is 0 Å². The summed E-state index contributed by atoms with van der Waals surface area (Å²) in [5.74, 6) is 1.49. The predicted octanol–water partition coefficient (Wildman–Crippen LogP) is 1.88. The van der Waals surface area contributed by atoms with E-state index in [1.165, 1.54) is 0 Å². The number of ether oxygens (including phenoxy) is 3. The zero-order valence-electron chi connectivity index (χ0n) is 10.3. The van der Waals surface area contributed by atoms with Gasteiger partial charge in [0.1, 0.15) is 6.10 Å². The molecule has 1 saturated heterocycles. The highest BCUT2D eigenvalue weighted by Crippen LogP contribution is 2.31. The van der Waals surface area contributed by atoms with Gasteiger partial charge in [-0.25, -0.2) is 0 Å². The summed E-state index contributed by atoms with van der Waals surface area (Å²) in [6, 6.07) is 5.80. The maximum Gasteiger partial charge on any atom is 0.161 e. The fraction of sp³-hybridized carbons (Fsp3) is 0.538. The van der Waals surface area contributed by atoms with Gasteiger partial charge in [-0.1, -0.05) is 6.07 Å². The van der Waals surface area contributed by atoms with Crippen molar-refractivity contribution in [3.63, 3.8) is 0 Å². The van der Waals surface area contributed by atoms with Crippen LogP contribution in [0.25, 0.3) is 0 Å². The summed E-state index contributed by atoms with van der Waals surface area (Å²) >= 11 is 0. The van der Waals surface area contributed by atoms with E-state index in [1.807, 2.05) is 25.1 Å². The van der Waals surface area contributed by atoms with E-state index in [9.17, 15) is 0 Å². The van der Waals surface area contributed by atoms with Crippen molar-refractivity contribution >= 4 is 0 Å². The van der Waals surface area contributed by atoms with E-state index in [1.54, 1.807) is 7.11 Å². The topological polar surface area (TPSA) is 53.7 Å². The van der Waals surface area contributed by atoms with Crippen LogP contribution >= 0.6 is 0 Å². The SMILES string of the molecule is COc1cc([C@H](C)N)ccc1OC1CCOC1. The van der Waals surface area contributed by atoms with Crippen LogP contribution < -0.4 is 15.2 Å². The lowest BCUT2D eigenvalue weighted by atomic mass is 10.1. The minimum absolute atomic E-state index is 0.00670. The molecule has 1 aromatic rings. The Morgan fingerprint density at radius 2 is 2.24 bits per heavy atom. The third-order valence-corrected chi connectivity index (χ3v) is 2.90. The van der Waals surface area contributed by atoms with Crippen molar-refractivity contribution in [2.75, 3.05) is 20.3 Å². The summed E-state index contributed by atoms with van der Waals surface area (Å²) in [6.45, 7) is 3.36. The molecule has 0 spiro atoms. The second kappa shape index (κ2) is 5.38. The molecule has 1 aliphatic heterocycles. The van der Waals surface area contributed by atoms with Gasteiger partial charge in [-0.2, -0.15) is 0 Å². The van der Waals surface area contributed by atoms with Crippen LogP contribution in [0.5, 0.6) is 11.5 Å². The van der Waals surface area contributed by atoms with Gasteiger partial charge in [-0.3, -0.25) is 0 Å². The van der Waals surface area contributed by atoms with Crippen LogP contribution in [0.4, 0.5) is 0 Å². The fourth-order valence-electron chi connectivity index (χ4n) is 1.85. The molecule has 94 valence electrons. The highest BCUT2D eigenvalue weighted by Gasteiger charge is 2.19. The largest absolute Gasteiger partial charge is 0.493 e. The standard InChI is InChI=1S/C13H19NO3/c1-9(14)10-3-4-12(13(7-10)15-2)17-11-5-6-16-8-11/h3-4,7,9,11H,5-6,8,14H2,1-2H3/t9-,11?/m0/s1. The highest BCUT2D eigenvalue weighted by molar-refractivity contribution is 5.43. The summed E-state index contributed by atoms with van der Waals surface area (Å²) in [4.78, 5) is 0. The summed E-state index contributed by atoms with van der Waals surface area (Å²) in [5, 5.41) is 0. The van der Waals surface area contributed by atoms with E-state index in [-0.39, 0.29) is 12.1 Å². The first-order valence-corrected chi connectivity index (χ1v) is 5.88. The molecule has 1 unspecified atom stereocenters. The van der Waals surface area contributed by atoms with Crippen LogP contribution in [0.3, 0.4) is 0 Å². The summed E-state index contributed by atoms with van der Waals surface area (Å²) in [6.07, 6.45) is 1.06. The monoisotopic (exact) mass is 237 g/mol. The molecule has 4 nitrogen and oxygen atoms in total. The van der Waals surface area contributed by atoms with E-state index in [4.69, 9.17) is 19.9 Å². The second-order valence-corrected chi connectivity index (χ2v) is 4.30. The van der Waals surface area contributed by atoms with Crippen LogP contribution in [0.1, 0.15) is 24.9 Å². The molecule has 0 aromatic heterocycles. The summed E-state index contributed by atoms with van der Waals surface area (Å²) < 4.78 is 16.4. The Kier molecular flexibility index (Phi) is 3.86. The highest BCUT2D eigenvalue weighted by atomic mass is 16.6. The Balaban J connectivity index is 2.15. The number of benzene rings is 1. The Labute approximate surface area is 102 Å². The normalized spacial score (nSPS) is 21.2. The Bertz CT molecular complexity index is 373. The predicted molar refractivity (Wildman–Crippen MR) is 65.4 cm³/mol. The van der Waals surface area contributed by atoms with E-state index in [0.29, 0.717) is 6.61 Å². The molecule has 1 aromatic carbocycles. The molecule has 2 atom stereocenters. The summed E-state index contributed by atoms with van der Waals surface area (Å²) in [7, 11) is 1.64. The number of methoxy groups -OCH3 is 1. The third kappa shape index (κ3) is 2.90. The van der Waals surface area contributed by atoms with Crippen molar-refractivity contribution in [1.82, 2.24) is 0 Å². The molecule has 1 heterocycles. The molecule has 0 saturated carbocycles. The van der Waals surface area contributed by atoms with Gasteiger partial charge in [0.25, 0.3) is 0 Å². The minimum Gasteiger partial charge on any atom is -0.493 e. The van der Waals surface area contributed by atoms with E-state index in [2.05, 4.69) is 0 Å². The van der Waals surface area contributed by atoms with Crippen molar-refractivity contribution in [2.24, 2.45) is 5.73 Å². The van der Waals surface area contributed by atoms with Gasteiger partial charge >= 0.3 is 0 Å². The zero-order valence-corrected chi connectivity index (χ0v) is 10.3. The lowest BCUT2D eigenvalue weighted by Gasteiger charge is -2.16. The molecule has 4 heteroatoms. The molecule has 17 heavy (non-hydrogen) atoms. The van der Waals surface area contributed by atoms with Gasteiger partial charge in [0.2, 0.25) is 0 Å². The van der Waals surface area contributed by atoms with Crippen LogP contribution in [-0.4, -0.2) is 26.4 Å². The lowest BCUT2D eigenvalue weighted by Crippen LogP contribution is -2.16. The van der Waals surface area contributed by atoms with Gasteiger partial charge < -0.3 is 19.9 Å². The minimum atomic E-state index is -0.00670. The maximum atomic E-state index is 5.84.